The average molecular weight is 429 g/mol. The smallest absolute Gasteiger partial charge is 0.251 e. The zero-order valence-electron chi connectivity index (χ0n) is 17.1. The second kappa shape index (κ2) is 9.75. The van der Waals surface area contributed by atoms with E-state index in [1.165, 1.54) is 28.2 Å². The molecule has 154 valence electrons. The number of piperidine rings is 1. The molecule has 1 aromatic carbocycles. The second-order valence-electron chi connectivity index (χ2n) is 7.74. The first-order valence-corrected chi connectivity index (χ1v) is 11.0. The maximum Gasteiger partial charge on any atom is 0.251 e. The van der Waals surface area contributed by atoms with Crippen molar-refractivity contribution in [2.24, 2.45) is 0 Å². The Labute approximate surface area is 183 Å². The minimum Gasteiger partial charge on any atom is -0.326 e. The van der Waals surface area contributed by atoms with E-state index in [-0.39, 0.29) is 18.0 Å². The molecule has 4 rings (SSSR count). The van der Waals surface area contributed by atoms with E-state index in [0.717, 1.165) is 42.9 Å². The van der Waals surface area contributed by atoms with Gasteiger partial charge in [-0.05, 0) is 69.0 Å². The van der Waals surface area contributed by atoms with Crippen molar-refractivity contribution >= 4 is 23.7 Å². The molecule has 1 N–H and O–H groups in total. The van der Waals surface area contributed by atoms with Crippen LogP contribution < -0.4 is 5.56 Å². The highest BCUT2D eigenvalue weighted by molar-refractivity contribution is 7.15. The minimum absolute atomic E-state index is 0. The number of hydrogen-bond donors (Lipinski definition) is 1. The van der Waals surface area contributed by atoms with Gasteiger partial charge in [-0.25, -0.2) is 0 Å². The van der Waals surface area contributed by atoms with E-state index in [1.54, 1.807) is 0 Å². The Morgan fingerprint density at radius 1 is 1.10 bits per heavy atom. The highest BCUT2D eigenvalue weighted by Crippen LogP contribution is 2.32. The molecule has 29 heavy (non-hydrogen) atoms. The summed E-state index contributed by atoms with van der Waals surface area (Å²) in [6, 6.07) is 17.5. The number of hydrogen-bond acceptors (Lipinski definition) is 3. The molecule has 1 aliphatic heterocycles. The highest BCUT2D eigenvalue weighted by Gasteiger charge is 2.21. The van der Waals surface area contributed by atoms with Crippen molar-refractivity contribution in [2.75, 3.05) is 13.1 Å². The third kappa shape index (κ3) is 5.00. The number of benzene rings is 1. The molecule has 0 aliphatic carbocycles. The average Bonchev–Trinajstić information content (AvgIpc) is 3.17. The topological polar surface area (TPSA) is 36.1 Å². The highest BCUT2D eigenvalue weighted by atomic mass is 35.5. The van der Waals surface area contributed by atoms with Gasteiger partial charge in [0.2, 0.25) is 0 Å². The Hall–Kier alpha value is -1.88. The van der Waals surface area contributed by atoms with E-state index in [0.29, 0.717) is 5.92 Å². The molecule has 0 amide bonds. The number of likely N-dealkylation sites (tertiary alicyclic amines) is 1. The predicted octanol–water partition coefficient (Wildman–Crippen LogP) is 5.78. The Kier molecular flexibility index (Phi) is 7.33. The van der Waals surface area contributed by atoms with Crippen LogP contribution in [0.15, 0.2) is 53.3 Å². The van der Waals surface area contributed by atoms with E-state index in [1.807, 2.05) is 25.2 Å². The molecule has 0 spiro atoms. The van der Waals surface area contributed by atoms with Gasteiger partial charge in [-0.15, -0.1) is 23.7 Å². The summed E-state index contributed by atoms with van der Waals surface area (Å²) >= 11 is 1.85. The Bertz CT molecular complexity index is 988. The number of halogens is 1. The van der Waals surface area contributed by atoms with Crippen LogP contribution in [0.4, 0.5) is 0 Å². The SMILES string of the molecule is CCc1cc(-c2ccc(CN3CCC(c4ccccc4)CC3)s2)c(C)[nH]c1=O.Cl. The van der Waals surface area contributed by atoms with Crippen LogP contribution in [0.25, 0.3) is 10.4 Å². The third-order valence-electron chi connectivity index (χ3n) is 5.86. The second-order valence-corrected chi connectivity index (χ2v) is 8.91. The van der Waals surface area contributed by atoms with Crippen molar-refractivity contribution in [3.8, 4) is 10.4 Å². The number of aryl methyl sites for hydroxylation is 2. The summed E-state index contributed by atoms with van der Waals surface area (Å²) in [4.78, 5) is 20.2. The van der Waals surface area contributed by atoms with Gasteiger partial charge >= 0.3 is 0 Å². The van der Waals surface area contributed by atoms with E-state index in [4.69, 9.17) is 0 Å². The first-order valence-electron chi connectivity index (χ1n) is 10.2. The lowest BCUT2D eigenvalue weighted by Gasteiger charge is -2.31. The van der Waals surface area contributed by atoms with Gasteiger partial charge in [0.15, 0.2) is 0 Å². The summed E-state index contributed by atoms with van der Waals surface area (Å²) in [5, 5.41) is 0. The number of nitrogens with one attached hydrogen (secondary N) is 1. The monoisotopic (exact) mass is 428 g/mol. The number of rotatable bonds is 5. The van der Waals surface area contributed by atoms with Crippen LogP contribution in [0, 0.1) is 6.92 Å². The van der Waals surface area contributed by atoms with Crippen LogP contribution in [-0.4, -0.2) is 23.0 Å². The Balaban J connectivity index is 0.00000240. The van der Waals surface area contributed by atoms with Crippen molar-refractivity contribution in [1.29, 1.82) is 0 Å². The summed E-state index contributed by atoms with van der Waals surface area (Å²) in [5.74, 6) is 0.701. The molecule has 0 atom stereocenters. The fourth-order valence-electron chi connectivity index (χ4n) is 4.16. The minimum atomic E-state index is 0. The molecule has 2 aromatic heterocycles. The van der Waals surface area contributed by atoms with Crippen molar-refractivity contribution in [3.05, 3.63) is 80.6 Å². The quantitative estimate of drug-likeness (QED) is 0.559. The normalized spacial score (nSPS) is 15.2. The van der Waals surface area contributed by atoms with Crippen LogP contribution in [-0.2, 0) is 13.0 Å². The van der Waals surface area contributed by atoms with Gasteiger partial charge in [0.25, 0.3) is 5.56 Å². The van der Waals surface area contributed by atoms with E-state index >= 15 is 0 Å². The molecule has 0 bridgehead atoms. The molecule has 3 nitrogen and oxygen atoms in total. The van der Waals surface area contributed by atoms with E-state index in [2.05, 4.69) is 58.4 Å². The van der Waals surface area contributed by atoms with Crippen LogP contribution in [0.1, 0.15) is 47.4 Å². The van der Waals surface area contributed by atoms with Crippen LogP contribution in [0.5, 0.6) is 0 Å². The third-order valence-corrected chi connectivity index (χ3v) is 6.96. The van der Waals surface area contributed by atoms with E-state index in [9.17, 15) is 4.79 Å². The summed E-state index contributed by atoms with van der Waals surface area (Å²) < 4.78 is 0. The Morgan fingerprint density at radius 3 is 2.52 bits per heavy atom. The number of aromatic amines is 1. The maximum atomic E-state index is 12.0. The summed E-state index contributed by atoms with van der Waals surface area (Å²) in [6.07, 6.45) is 3.24. The lowest BCUT2D eigenvalue weighted by atomic mass is 9.89. The van der Waals surface area contributed by atoms with Gasteiger partial charge in [0.05, 0.1) is 0 Å². The van der Waals surface area contributed by atoms with Gasteiger partial charge < -0.3 is 4.98 Å². The number of aromatic nitrogens is 1. The zero-order valence-corrected chi connectivity index (χ0v) is 18.7. The largest absolute Gasteiger partial charge is 0.326 e. The molecule has 0 radical (unpaired) electrons. The van der Waals surface area contributed by atoms with Gasteiger partial charge in [-0.2, -0.15) is 0 Å². The molecular formula is C24H29ClN2OS. The van der Waals surface area contributed by atoms with Crippen LogP contribution in [0.2, 0.25) is 0 Å². The fourth-order valence-corrected chi connectivity index (χ4v) is 5.29. The van der Waals surface area contributed by atoms with Gasteiger partial charge in [0, 0.05) is 33.1 Å². The van der Waals surface area contributed by atoms with Gasteiger partial charge in [0.1, 0.15) is 0 Å². The van der Waals surface area contributed by atoms with Crippen molar-refractivity contribution in [2.45, 2.75) is 45.6 Å². The molecule has 1 aliphatic rings. The lowest BCUT2D eigenvalue weighted by Crippen LogP contribution is -2.32. The van der Waals surface area contributed by atoms with Crippen molar-refractivity contribution in [1.82, 2.24) is 9.88 Å². The van der Waals surface area contributed by atoms with Crippen molar-refractivity contribution in [3.63, 3.8) is 0 Å². The number of nitrogens with zero attached hydrogens (tertiary/aromatic N) is 1. The number of thiophene rings is 1. The molecule has 3 aromatic rings. The molecule has 5 heteroatoms. The van der Waals surface area contributed by atoms with Gasteiger partial charge in [-0.1, -0.05) is 37.3 Å². The number of pyridine rings is 1. The summed E-state index contributed by atoms with van der Waals surface area (Å²) in [5.41, 5.74) is 4.51. The molecule has 0 saturated carbocycles. The zero-order chi connectivity index (χ0) is 19.5. The van der Waals surface area contributed by atoms with E-state index < -0.39 is 0 Å². The molecule has 1 saturated heterocycles. The van der Waals surface area contributed by atoms with Crippen LogP contribution in [0.3, 0.4) is 0 Å². The number of H-pyrrole nitrogens is 1. The molecular weight excluding hydrogens is 400 g/mol. The van der Waals surface area contributed by atoms with Crippen LogP contribution >= 0.6 is 23.7 Å². The first-order chi connectivity index (χ1) is 13.6. The molecule has 3 heterocycles. The molecule has 0 unspecified atom stereocenters. The molecule has 1 fully saturated rings. The maximum absolute atomic E-state index is 12.0. The summed E-state index contributed by atoms with van der Waals surface area (Å²) in [6.45, 7) is 7.36. The van der Waals surface area contributed by atoms with Crippen molar-refractivity contribution < 1.29 is 0 Å². The summed E-state index contributed by atoms with van der Waals surface area (Å²) in [7, 11) is 0. The fraction of sp³-hybridized carbons (Fsp3) is 0.375. The lowest BCUT2D eigenvalue weighted by molar-refractivity contribution is 0.206. The first kappa shape index (κ1) is 21.8. The van der Waals surface area contributed by atoms with Gasteiger partial charge in [-0.3, -0.25) is 9.69 Å². The predicted molar refractivity (Wildman–Crippen MR) is 125 cm³/mol. The standard InChI is InChI=1S/C24H28N2OS.ClH/c1-3-18-15-22(17(2)25-24(18)27)23-10-9-21(28-23)16-26-13-11-20(12-14-26)19-7-5-4-6-8-19;/h4-10,15,20H,3,11-14,16H2,1-2H3,(H,25,27);1H. The Morgan fingerprint density at radius 2 is 1.83 bits per heavy atom.